The molecule has 0 unspecified atom stereocenters. The fourth-order valence-corrected chi connectivity index (χ4v) is 6.68. The van der Waals surface area contributed by atoms with Gasteiger partial charge in [0, 0.05) is 41.8 Å². The zero-order valence-corrected chi connectivity index (χ0v) is 19.6. The average molecular weight is 465 g/mol. The maximum atomic E-state index is 13.2. The molecular weight excluding hydrogens is 439 g/mol. The molecule has 1 saturated heterocycles. The Balaban J connectivity index is 1.57. The van der Waals surface area contributed by atoms with E-state index in [1.165, 1.54) is 22.5 Å². The molecule has 7 heteroatoms. The molecule has 0 bridgehead atoms. The lowest BCUT2D eigenvalue weighted by atomic mass is 9.90. The predicted molar refractivity (Wildman–Crippen MR) is 124 cm³/mol. The third-order valence-electron chi connectivity index (χ3n) is 6.01. The number of hydrogen-bond donors (Lipinski definition) is 0. The quantitative estimate of drug-likeness (QED) is 0.448. The molecule has 1 fully saturated rings. The molecule has 4 rings (SSSR count). The van der Waals surface area contributed by atoms with Crippen molar-refractivity contribution in [1.82, 2.24) is 8.87 Å². The molecule has 160 valence electrons. The smallest absolute Gasteiger partial charge is 0.244 e. The summed E-state index contributed by atoms with van der Waals surface area (Å²) in [7, 11) is -3.65. The van der Waals surface area contributed by atoms with E-state index < -0.39 is 10.0 Å². The number of aromatic nitrogens is 1. The highest BCUT2D eigenvalue weighted by Gasteiger charge is 2.32. The van der Waals surface area contributed by atoms with Gasteiger partial charge < -0.3 is 4.57 Å². The first-order valence-corrected chi connectivity index (χ1v) is 12.6. The highest BCUT2D eigenvalue weighted by atomic mass is 35.5. The van der Waals surface area contributed by atoms with Gasteiger partial charge in [-0.2, -0.15) is 4.31 Å². The Labute approximate surface area is 188 Å². The highest BCUT2D eigenvalue weighted by molar-refractivity contribution is 7.89. The summed E-state index contributed by atoms with van der Waals surface area (Å²) in [4.78, 5) is 0.143. The maximum absolute atomic E-state index is 13.2. The summed E-state index contributed by atoms with van der Waals surface area (Å²) < 4.78 is 30.3. The van der Waals surface area contributed by atoms with E-state index >= 15 is 0 Å². The van der Waals surface area contributed by atoms with Gasteiger partial charge in [0.05, 0.1) is 5.02 Å². The zero-order valence-electron chi connectivity index (χ0n) is 17.2. The van der Waals surface area contributed by atoms with Gasteiger partial charge in [-0.25, -0.2) is 8.42 Å². The summed E-state index contributed by atoms with van der Waals surface area (Å²) in [6.45, 7) is 5.93. The highest BCUT2D eigenvalue weighted by Crippen LogP contribution is 2.37. The number of sulfonamides is 1. The Morgan fingerprint density at radius 2 is 1.77 bits per heavy atom. The van der Waals surface area contributed by atoms with Crippen LogP contribution in [0.15, 0.2) is 47.5 Å². The fourth-order valence-electron chi connectivity index (χ4n) is 4.40. The van der Waals surface area contributed by atoms with Crippen molar-refractivity contribution in [2.24, 2.45) is 0 Å². The van der Waals surface area contributed by atoms with E-state index in [2.05, 4.69) is 42.0 Å². The molecule has 0 spiro atoms. The van der Waals surface area contributed by atoms with Gasteiger partial charge in [-0.05, 0) is 61.4 Å². The summed E-state index contributed by atoms with van der Waals surface area (Å²) in [5, 5.41) is 1.93. The number of halogens is 2. The van der Waals surface area contributed by atoms with E-state index in [4.69, 9.17) is 23.2 Å². The summed E-state index contributed by atoms with van der Waals surface area (Å²) in [5.41, 5.74) is 3.29. The minimum atomic E-state index is -3.65. The van der Waals surface area contributed by atoms with E-state index in [0.717, 1.165) is 25.8 Å². The van der Waals surface area contributed by atoms with Gasteiger partial charge in [-0.1, -0.05) is 48.3 Å². The number of para-hydroxylation sites is 1. The van der Waals surface area contributed by atoms with Crippen LogP contribution in [-0.4, -0.2) is 30.4 Å². The molecule has 0 amide bonds. The normalized spacial score (nSPS) is 16.4. The second-order valence-electron chi connectivity index (χ2n) is 8.01. The lowest BCUT2D eigenvalue weighted by molar-refractivity contribution is 0.320. The van der Waals surface area contributed by atoms with Gasteiger partial charge in [0.1, 0.15) is 4.90 Å². The molecule has 4 nitrogen and oxygen atoms in total. The van der Waals surface area contributed by atoms with Crippen LogP contribution in [0.4, 0.5) is 0 Å². The summed E-state index contributed by atoms with van der Waals surface area (Å²) in [5.74, 6) is 0.349. The van der Waals surface area contributed by atoms with Crippen LogP contribution < -0.4 is 0 Å². The number of piperidine rings is 1. The van der Waals surface area contributed by atoms with Crippen LogP contribution in [0.3, 0.4) is 0 Å². The first-order chi connectivity index (χ1) is 14.3. The average Bonchev–Trinajstić information content (AvgIpc) is 3.10. The Morgan fingerprint density at radius 1 is 1.07 bits per heavy atom. The van der Waals surface area contributed by atoms with Crippen molar-refractivity contribution in [2.45, 2.75) is 50.5 Å². The van der Waals surface area contributed by atoms with Crippen molar-refractivity contribution >= 4 is 44.1 Å². The van der Waals surface area contributed by atoms with Crippen LogP contribution in [0.5, 0.6) is 0 Å². The predicted octanol–water partition coefficient (Wildman–Crippen LogP) is 6.23. The lowest BCUT2D eigenvalue weighted by Gasteiger charge is -2.31. The number of nitrogens with zero attached hydrogens (tertiary/aromatic N) is 2. The molecule has 0 saturated carbocycles. The van der Waals surface area contributed by atoms with Crippen LogP contribution in [-0.2, 0) is 16.6 Å². The molecule has 1 aliphatic heterocycles. The van der Waals surface area contributed by atoms with Gasteiger partial charge in [0.2, 0.25) is 10.0 Å². The van der Waals surface area contributed by atoms with E-state index in [1.54, 1.807) is 17.3 Å². The Hall–Kier alpha value is -1.53. The number of rotatable bonds is 5. The van der Waals surface area contributed by atoms with Crippen molar-refractivity contribution in [3.8, 4) is 0 Å². The molecule has 2 aromatic carbocycles. The third-order valence-corrected chi connectivity index (χ3v) is 8.78. The van der Waals surface area contributed by atoms with Crippen molar-refractivity contribution in [2.75, 3.05) is 13.1 Å². The van der Waals surface area contributed by atoms with Crippen LogP contribution in [0, 0.1) is 6.92 Å². The van der Waals surface area contributed by atoms with Gasteiger partial charge in [-0.15, -0.1) is 0 Å². The number of hydrogen-bond acceptors (Lipinski definition) is 2. The van der Waals surface area contributed by atoms with Gasteiger partial charge in [0.15, 0.2) is 0 Å². The largest absolute Gasteiger partial charge is 0.347 e. The van der Waals surface area contributed by atoms with Crippen LogP contribution in [0.2, 0.25) is 10.0 Å². The van der Waals surface area contributed by atoms with E-state index in [-0.39, 0.29) is 9.92 Å². The maximum Gasteiger partial charge on any atom is 0.244 e. The number of benzene rings is 2. The second-order valence-corrected chi connectivity index (χ2v) is 10.7. The first kappa shape index (κ1) is 21.7. The van der Waals surface area contributed by atoms with Crippen LogP contribution in [0.25, 0.3) is 10.9 Å². The third kappa shape index (κ3) is 3.89. The van der Waals surface area contributed by atoms with Crippen molar-refractivity contribution < 1.29 is 8.42 Å². The van der Waals surface area contributed by atoms with Crippen molar-refractivity contribution in [3.63, 3.8) is 0 Å². The fraction of sp³-hybridized carbons (Fsp3) is 0.391. The monoisotopic (exact) mass is 464 g/mol. The molecule has 0 radical (unpaired) electrons. The summed E-state index contributed by atoms with van der Waals surface area (Å²) >= 11 is 12.3. The van der Waals surface area contributed by atoms with Gasteiger partial charge in [-0.3, -0.25) is 0 Å². The molecule has 1 aromatic heterocycles. The molecule has 2 heterocycles. The van der Waals surface area contributed by atoms with Gasteiger partial charge >= 0.3 is 0 Å². The minimum absolute atomic E-state index is 0.143. The summed E-state index contributed by atoms with van der Waals surface area (Å²) in [6, 6.07) is 11.6. The lowest BCUT2D eigenvalue weighted by Crippen LogP contribution is -2.38. The topological polar surface area (TPSA) is 42.3 Å². The molecule has 0 N–H and O–H groups in total. The summed E-state index contributed by atoms with van der Waals surface area (Å²) in [6.07, 6.45) is 4.94. The Kier molecular flexibility index (Phi) is 6.18. The van der Waals surface area contributed by atoms with Crippen LogP contribution in [0.1, 0.15) is 43.2 Å². The molecule has 0 aliphatic carbocycles. The SMILES string of the molecule is CCCn1cc(C2CCN(S(=O)(=O)c3cc(C)c(Cl)cc3Cl)CC2)c2ccccc21. The number of fused-ring (bicyclic) bond motifs is 1. The first-order valence-electron chi connectivity index (χ1n) is 10.4. The standard InChI is InChI=1S/C23H26Cl2N2O2S/c1-3-10-26-15-19(18-6-4-5-7-22(18)26)17-8-11-27(12-9-17)30(28,29)23-13-16(2)20(24)14-21(23)25/h4-7,13-15,17H,3,8-12H2,1-2H3. The molecular formula is C23H26Cl2N2O2S. The van der Waals surface area contributed by atoms with Crippen molar-refractivity contribution in [3.05, 3.63) is 63.8 Å². The van der Waals surface area contributed by atoms with E-state index in [9.17, 15) is 8.42 Å². The zero-order chi connectivity index (χ0) is 21.5. The van der Waals surface area contributed by atoms with E-state index in [1.807, 2.05) is 0 Å². The Morgan fingerprint density at radius 3 is 2.47 bits per heavy atom. The van der Waals surface area contributed by atoms with Crippen LogP contribution >= 0.6 is 23.2 Å². The minimum Gasteiger partial charge on any atom is -0.347 e. The molecule has 0 atom stereocenters. The number of aryl methyl sites for hydroxylation is 2. The van der Waals surface area contributed by atoms with E-state index in [0.29, 0.717) is 29.6 Å². The van der Waals surface area contributed by atoms with Gasteiger partial charge in [0.25, 0.3) is 0 Å². The molecule has 3 aromatic rings. The molecule has 1 aliphatic rings. The molecule has 30 heavy (non-hydrogen) atoms. The van der Waals surface area contributed by atoms with Crippen molar-refractivity contribution in [1.29, 1.82) is 0 Å². The Bertz CT molecular complexity index is 1180. The second kappa shape index (κ2) is 8.54.